The standard InChI is InChI=1S/C20H34N4O3.HI/c1-6-21-19(22-13-16-9-8-10-18(12-16)26-5)23-14-17(11-15(3)4)24-20(25)27-7-2;/h8-10,12,15,17H,6-7,11,13-14H2,1-5H3,(H,24,25)(H2,21,22,23);1H. The highest BCUT2D eigenvalue weighted by atomic mass is 127. The van der Waals surface area contributed by atoms with E-state index in [1.165, 1.54) is 0 Å². The van der Waals surface area contributed by atoms with Crippen LogP contribution in [0.15, 0.2) is 29.3 Å². The first-order valence-electron chi connectivity index (χ1n) is 9.56. The molecule has 3 N–H and O–H groups in total. The van der Waals surface area contributed by atoms with Crippen LogP contribution in [0.25, 0.3) is 0 Å². The summed E-state index contributed by atoms with van der Waals surface area (Å²) in [6, 6.07) is 7.81. The van der Waals surface area contributed by atoms with Gasteiger partial charge in [-0.2, -0.15) is 0 Å². The van der Waals surface area contributed by atoms with E-state index >= 15 is 0 Å². The highest BCUT2D eigenvalue weighted by molar-refractivity contribution is 14.0. The smallest absolute Gasteiger partial charge is 0.407 e. The predicted molar refractivity (Wildman–Crippen MR) is 125 cm³/mol. The second-order valence-corrected chi connectivity index (χ2v) is 6.62. The van der Waals surface area contributed by atoms with E-state index in [1.807, 2.05) is 31.2 Å². The number of rotatable bonds is 10. The van der Waals surface area contributed by atoms with Crippen LogP contribution in [0.5, 0.6) is 5.75 Å². The molecule has 0 aromatic heterocycles. The number of benzene rings is 1. The molecular formula is C20H35IN4O3. The zero-order valence-electron chi connectivity index (χ0n) is 17.6. The van der Waals surface area contributed by atoms with Crippen molar-refractivity contribution in [3.05, 3.63) is 29.8 Å². The van der Waals surface area contributed by atoms with E-state index in [4.69, 9.17) is 9.47 Å². The number of methoxy groups -OCH3 is 1. The molecule has 0 radical (unpaired) electrons. The van der Waals surface area contributed by atoms with E-state index in [0.29, 0.717) is 31.6 Å². The van der Waals surface area contributed by atoms with Crippen LogP contribution in [0.4, 0.5) is 4.79 Å². The summed E-state index contributed by atoms with van der Waals surface area (Å²) < 4.78 is 10.2. The number of hydrogen-bond donors (Lipinski definition) is 3. The first-order chi connectivity index (χ1) is 13.0. The Morgan fingerprint density at radius 2 is 1.96 bits per heavy atom. The van der Waals surface area contributed by atoms with Gasteiger partial charge < -0.3 is 25.4 Å². The number of guanidine groups is 1. The summed E-state index contributed by atoms with van der Waals surface area (Å²) in [4.78, 5) is 16.4. The number of carbonyl (C=O) groups excluding carboxylic acids is 1. The number of amides is 1. The van der Waals surface area contributed by atoms with Crippen molar-refractivity contribution >= 4 is 36.0 Å². The maximum Gasteiger partial charge on any atom is 0.407 e. The van der Waals surface area contributed by atoms with E-state index < -0.39 is 0 Å². The van der Waals surface area contributed by atoms with Crippen molar-refractivity contribution < 1.29 is 14.3 Å². The minimum atomic E-state index is -0.386. The van der Waals surface area contributed by atoms with Gasteiger partial charge in [0.2, 0.25) is 0 Å². The van der Waals surface area contributed by atoms with E-state index in [1.54, 1.807) is 14.0 Å². The molecule has 1 atom stereocenters. The molecule has 0 saturated heterocycles. The molecule has 0 fully saturated rings. The quantitative estimate of drug-likeness (QED) is 0.257. The third-order valence-corrected chi connectivity index (χ3v) is 3.77. The lowest BCUT2D eigenvalue weighted by molar-refractivity contribution is 0.146. The van der Waals surface area contributed by atoms with Gasteiger partial charge in [0.25, 0.3) is 0 Å². The van der Waals surface area contributed by atoms with Crippen LogP contribution < -0.4 is 20.7 Å². The average molecular weight is 506 g/mol. The van der Waals surface area contributed by atoms with E-state index in [2.05, 4.69) is 34.8 Å². The minimum absolute atomic E-state index is 0. The van der Waals surface area contributed by atoms with Gasteiger partial charge in [-0.25, -0.2) is 9.79 Å². The summed E-state index contributed by atoms with van der Waals surface area (Å²) >= 11 is 0. The third kappa shape index (κ3) is 11.2. The van der Waals surface area contributed by atoms with Crippen LogP contribution in [-0.4, -0.2) is 44.9 Å². The number of hydrogen-bond acceptors (Lipinski definition) is 4. The molecule has 0 bridgehead atoms. The van der Waals surface area contributed by atoms with Crippen LogP contribution in [0.1, 0.15) is 39.7 Å². The Morgan fingerprint density at radius 1 is 1.21 bits per heavy atom. The highest BCUT2D eigenvalue weighted by Crippen LogP contribution is 2.13. The Balaban J connectivity index is 0.00000729. The van der Waals surface area contributed by atoms with Crippen molar-refractivity contribution in [1.29, 1.82) is 0 Å². The zero-order valence-corrected chi connectivity index (χ0v) is 19.9. The van der Waals surface area contributed by atoms with Gasteiger partial charge >= 0.3 is 6.09 Å². The molecule has 0 aliphatic carbocycles. The van der Waals surface area contributed by atoms with Gasteiger partial charge in [0, 0.05) is 19.1 Å². The van der Waals surface area contributed by atoms with Gasteiger partial charge in [-0.05, 0) is 43.9 Å². The molecule has 0 aliphatic rings. The summed E-state index contributed by atoms with van der Waals surface area (Å²) in [6.07, 6.45) is 0.462. The van der Waals surface area contributed by atoms with E-state index in [-0.39, 0.29) is 36.1 Å². The summed E-state index contributed by atoms with van der Waals surface area (Å²) in [5, 5.41) is 9.45. The Morgan fingerprint density at radius 3 is 2.57 bits per heavy atom. The van der Waals surface area contributed by atoms with Gasteiger partial charge in [-0.1, -0.05) is 26.0 Å². The molecular weight excluding hydrogens is 471 g/mol. The maximum atomic E-state index is 11.8. The number of aliphatic imine (C=N–C) groups is 1. The summed E-state index contributed by atoms with van der Waals surface area (Å²) in [5.74, 6) is 1.98. The lowest BCUT2D eigenvalue weighted by atomic mass is 10.0. The molecule has 1 aromatic carbocycles. The van der Waals surface area contributed by atoms with Gasteiger partial charge in [-0.3, -0.25) is 0 Å². The lowest BCUT2D eigenvalue weighted by Gasteiger charge is -2.22. The third-order valence-electron chi connectivity index (χ3n) is 3.77. The van der Waals surface area contributed by atoms with Crippen molar-refractivity contribution in [2.24, 2.45) is 10.9 Å². The molecule has 1 rings (SSSR count). The largest absolute Gasteiger partial charge is 0.497 e. The number of halogens is 1. The average Bonchev–Trinajstić information content (AvgIpc) is 2.63. The molecule has 1 unspecified atom stereocenters. The number of ether oxygens (including phenoxy) is 2. The van der Waals surface area contributed by atoms with Crippen LogP contribution in [0.2, 0.25) is 0 Å². The minimum Gasteiger partial charge on any atom is -0.497 e. The summed E-state index contributed by atoms with van der Waals surface area (Å²) in [7, 11) is 1.65. The van der Waals surface area contributed by atoms with Gasteiger partial charge in [0.05, 0.1) is 20.3 Å². The number of nitrogens with one attached hydrogen (secondary N) is 3. The molecule has 0 aliphatic heterocycles. The Hall–Kier alpha value is -1.71. The molecule has 28 heavy (non-hydrogen) atoms. The van der Waals surface area contributed by atoms with Crippen molar-refractivity contribution in [3.8, 4) is 5.75 Å². The van der Waals surface area contributed by atoms with Crippen LogP contribution in [0, 0.1) is 5.92 Å². The van der Waals surface area contributed by atoms with Gasteiger partial charge in [0.15, 0.2) is 5.96 Å². The van der Waals surface area contributed by atoms with E-state index in [9.17, 15) is 4.79 Å². The van der Waals surface area contributed by atoms with Crippen molar-refractivity contribution in [1.82, 2.24) is 16.0 Å². The lowest BCUT2D eigenvalue weighted by Crippen LogP contribution is -2.47. The number of carbonyl (C=O) groups is 1. The normalized spacial score (nSPS) is 12.0. The fourth-order valence-corrected chi connectivity index (χ4v) is 2.60. The molecule has 0 saturated carbocycles. The molecule has 0 spiro atoms. The second kappa shape index (κ2) is 15.2. The first-order valence-corrected chi connectivity index (χ1v) is 9.56. The van der Waals surface area contributed by atoms with Crippen LogP contribution in [-0.2, 0) is 11.3 Å². The van der Waals surface area contributed by atoms with Crippen LogP contribution in [0.3, 0.4) is 0 Å². The number of nitrogens with zero attached hydrogens (tertiary/aromatic N) is 1. The van der Waals surface area contributed by atoms with Crippen molar-refractivity contribution in [3.63, 3.8) is 0 Å². The summed E-state index contributed by atoms with van der Waals surface area (Å²) in [6.45, 7) is 10.3. The fourth-order valence-electron chi connectivity index (χ4n) is 2.60. The Kier molecular flexibility index (Phi) is 14.3. The molecule has 1 aromatic rings. The first kappa shape index (κ1) is 26.3. The zero-order chi connectivity index (χ0) is 20.1. The van der Waals surface area contributed by atoms with Crippen molar-refractivity contribution in [2.75, 3.05) is 26.8 Å². The predicted octanol–water partition coefficient (Wildman–Crippen LogP) is 3.53. The monoisotopic (exact) mass is 506 g/mol. The SMILES string of the molecule is CCNC(=NCc1cccc(OC)c1)NCC(CC(C)C)NC(=O)OCC.I. The highest BCUT2D eigenvalue weighted by Gasteiger charge is 2.15. The Bertz CT molecular complexity index is 597. The number of alkyl carbamates (subject to hydrolysis) is 1. The molecule has 1 amide bonds. The molecule has 7 nitrogen and oxygen atoms in total. The van der Waals surface area contributed by atoms with Crippen LogP contribution >= 0.6 is 24.0 Å². The molecule has 0 heterocycles. The Labute approximate surface area is 186 Å². The molecule has 8 heteroatoms. The van der Waals surface area contributed by atoms with Gasteiger partial charge in [0.1, 0.15) is 5.75 Å². The van der Waals surface area contributed by atoms with Gasteiger partial charge in [-0.15, -0.1) is 24.0 Å². The maximum absolute atomic E-state index is 11.8. The molecule has 160 valence electrons. The van der Waals surface area contributed by atoms with Crippen molar-refractivity contribution in [2.45, 2.75) is 46.7 Å². The van der Waals surface area contributed by atoms with E-state index in [0.717, 1.165) is 24.3 Å². The topological polar surface area (TPSA) is 84.0 Å². The second-order valence-electron chi connectivity index (χ2n) is 6.62. The summed E-state index contributed by atoms with van der Waals surface area (Å²) in [5.41, 5.74) is 1.06. The fraction of sp³-hybridized carbons (Fsp3) is 0.600.